The summed E-state index contributed by atoms with van der Waals surface area (Å²) in [5.74, 6) is 1.20. The molecule has 0 N–H and O–H groups in total. The van der Waals surface area contributed by atoms with Crippen LogP contribution in [0.25, 0.3) is 6.08 Å². The van der Waals surface area contributed by atoms with Crippen LogP contribution in [0.15, 0.2) is 51.8 Å². The van der Waals surface area contributed by atoms with Crippen LogP contribution in [-0.2, 0) is 4.79 Å². The van der Waals surface area contributed by atoms with Crippen molar-refractivity contribution in [1.29, 1.82) is 0 Å². The molecule has 1 amide bonds. The molecule has 0 spiro atoms. The van der Waals surface area contributed by atoms with Crippen molar-refractivity contribution in [2.75, 3.05) is 19.1 Å². The molecule has 0 aromatic heterocycles. The molecular weight excluding hydrogens is 422 g/mol. The second-order valence-electron chi connectivity index (χ2n) is 5.10. The predicted molar refractivity (Wildman–Crippen MR) is 109 cm³/mol. The summed E-state index contributed by atoms with van der Waals surface area (Å²) in [7, 11) is 3.19. The molecule has 0 aliphatic carbocycles. The maximum Gasteiger partial charge on any atom is 0.270 e. The molecule has 1 aliphatic rings. The van der Waals surface area contributed by atoms with Gasteiger partial charge in [0.15, 0.2) is 4.32 Å². The highest BCUT2D eigenvalue weighted by atomic mass is 79.9. The number of benzene rings is 2. The lowest BCUT2D eigenvalue weighted by atomic mass is 10.1. The lowest BCUT2D eigenvalue weighted by Crippen LogP contribution is -2.27. The quantitative estimate of drug-likeness (QED) is 0.505. The molecule has 1 saturated heterocycles. The summed E-state index contributed by atoms with van der Waals surface area (Å²) in [4.78, 5) is 14.9. The minimum Gasteiger partial charge on any atom is -0.497 e. The van der Waals surface area contributed by atoms with Gasteiger partial charge >= 0.3 is 0 Å². The number of methoxy groups -OCH3 is 2. The van der Waals surface area contributed by atoms with E-state index in [1.807, 2.05) is 36.4 Å². The number of ether oxygens (including phenoxy) is 2. The van der Waals surface area contributed by atoms with Gasteiger partial charge in [-0.05, 0) is 48.5 Å². The molecule has 3 rings (SSSR count). The average Bonchev–Trinajstić information content (AvgIpc) is 2.89. The van der Waals surface area contributed by atoms with E-state index in [1.165, 1.54) is 16.7 Å². The Morgan fingerprint density at radius 2 is 1.84 bits per heavy atom. The molecule has 0 atom stereocenters. The molecular formula is C18H14BrNO3S2. The van der Waals surface area contributed by atoms with Crippen molar-refractivity contribution in [3.63, 3.8) is 0 Å². The summed E-state index contributed by atoms with van der Waals surface area (Å²) in [6, 6.07) is 12.9. The lowest BCUT2D eigenvalue weighted by molar-refractivity contribution is -0.113. The summed E-state index contributed by atoms with van der Waals surface area (Å²) in [6.07, 6.45) is 1.78. The standard InChI is InChI=1S/C18H14BrNO3S2/c1-22-14-7-8-15(23-2)11(9-14)10-16-17(21)20(18(24)25-16)13-5-3-12(19)4-6-13/h3-10H,1-2H3/b16-10+. The van der Waals surface area contributed by atoms with E-state index in [0.717, 1.165) is 15.7 Å². The molecule has 1 aliphatic heterocycles. The van der Waals surface area contributed by atoms with Gasteiger partial charge in [-0.3, -0.25) is 9.69 Å². The number of hydrogen-bond acceptors (Lipinski definition) is 5. The summed E-state index contributed by atoms with van der Waals surface area (Å²) in [6.45, 7) is 0. The van der Waals surface area contributed by atoms with Gasteiger partial charge in [0.05, 0.1) is 24.8 Å². The van der Waals surface area contributed by atoms with Crippen LogP contribution in [0.3, 0.4) is 0 Å². The van der Waals surface area contributed by atoms with Gasteiger partial charge in [-0.25, -0.2) is 0 Å². The van der Waals surface area contributed by atoms with Crippen LogP contribution < -0.4 is 14.4 Å². The number of hydrogen-bond donors (Lipinski definition) is 0. The molecule has 0 saturated carbocycles. The molecule has 4 nitrogen and oxygen atoms in total. The zero-order chi connectivity index (χ0) is 18.0. The monoisotopic (exact) mass is 435 g/mol. The van der Waals surface area contributed by atoms with E-state index in [1.54, 1.807) is 26.4 Å². The fourth-order valence-corrected chi connectivity index (χ4v) is 3.93. The number of nitrogens with zero attached hydrogens (tertiary/aromatic N) is 1. The van der Waals surface area contributed by atoms with Crippen molar-refractivity contribution in [3.05, 3.63) is 57.4 Å². The number of thioether (sulfide) groups is 1. The van der Waals surface area contributed by atoms with Crippen molar-refractivity contribution < 1.29 is 14.3 Å². The van der Waals surface area contributed by atoms with Crippen LogP contribution in [0.2, 0.25) is 0 Å². The summed E-state index contributed by atoms with van der Waals surface area (Å²) in [5, 5.41) is 0. The summed E-state index contributed by atoms with van der Waals surface area (Å²) < 4.78 is 12.1. The van der Waals surface area contributed by atoms with Crippen LogP contribution >= 0.6 is 39.9 Å². The van der Waals surface area contributed by atoms with Crippen molar-refractivity contribution in [3.8, 4) is 11.5 Å². The third-order valence-electron chi connectivity index (χ3n) is 3.60. The largest absolute Gasteiger partial charge is 0.497 e. The van der Waals surface area contributed by atoms with E-state index >= 15 is 0 Å². The molecule has 0 radical (unpaired) electrons. The van der Waals surface area contributed by atoms with Crippen molar-refractivity contribution in [2.45, 2.75) is 0 Å². The van der Waals surface area contributed by atoms with E-state index in [2.05, 4.69) is 15.9 Å². The Balaban J connectivity index is 1.97. The second-order valence-corrected chi connectivity index (χ2v) is 7.69. The average molecular weight is 436 g/mol. The number of halogens is 1. The van der Waals surface area contributed by atoms with Gasteiger partial charge in [0.2, 0.25) is 0 Å². The first kappa shape index (κ1) is 18.0. The topological polar surface area (TPSA) is 38.8 Å². The molecule has 2 aromatic carbocycles. The number of carbonyl (C=O) groups excluding carboxylic acids is 1. The van der Waals surface area contributed by atoms with E-state index in [9.17, 15) is 4.79 Å². The molecule has 0 unspecified atom stereocenters. The van der Waals surface area contributed by atoms with Gasteiger partial charge in [-0.2, -0.15) is 0 Å². The first-order valence-corrected chi connectivity index (χ1v) is 9.31. The number of anilines is 1. The first-order valence-electron chi connectivity index (χ1n) is 7.29. The van der Waals surface area contributed by atoms with Crippen molar-refractivity contribution in [1.82, 2.24) is 0 Å². The van der Waals surface area contributed by atoms with E-state index < -0.39 is 0 Å². The van der Waals surface area contributed by atoms with Crippen molar-refractivity contribution in [2.24, 2.45) is 0 Å². The highest BCUT2D eigenvalue weighted by Gasteiger charge is 2.33. The molecule has 7 heteroatoms. The minimum absolute atomic E-state index is 0.151. The molecule has 0 bridgehead atoms. The molecule has 25 heavy (non-hydrogen) atoms. The van der Waals surface area contributed by atoms with Crippen LogP contribution in [0.1, 0.15) is 5.56 Å². The Hall–Kier alpha value is -1.83. The van der Waals surface area contributed by atoms with Crippen LogP contribution in [0.4, 0.5) is 5.69 Å². The maximum atomic E-state index is 12.8. The molecule has 128 valence electrons. The SMILES string of the molecule is COc1ccc(OC)c(/C=C2/SC(=S)N(c3ccc(Br)cc3)C2=O)c1. The van der Waals surface area contributed by atoms with Gasteiger partial charge in [0.25, 0.3) is 5.91 Å². The normalized spacial score (nSPS) is 15.8. The highest BCUT2D eigenvalue weighted by Crippen LogP contribution is 2.38. The second kappa shape index (κ2) is 7.59. The summed E-state index contributed by atoms with van der Waals surface area (Å²) in [5.41, 5.74) is 1.50. The van der Waals surface area contributed by atoms with Crippen LogP contribution in [0, 0.1) is 0 Å². The van der Waals surface area contributed by atoms with Gasteiger partial charge < -0.3 is 9.47 Å². The lowest BCUT2D eigenvalue weighted by Gasteiger charge is -2.14. The zero-order valence-electron chi connectivity index (χ0n) is 13.5. The van der Waals surface area contributed by atoms with E-state index in [4.69, 9.17) is 21.7 Å². The fourth-order valence-electron chi connectivity index (χ4n) is 2.37. The Bertz CT molecular complexity index is 865. The number of rotatable bonds is 4. The first-order chi connectivity index (χ1) is 12.0. The molecule has 1 fully saturated rings. The van der Waals surface area contributed by atoms with Crippen LogP contribution in [0.5, 0.6) is 11.5 Å². The third-order valence-corrected chi connectivity index (χ3v) is 5.43. The molecule has 1 heterocycles. The van der Waals surface area contributed by atoms with E-state index in [0.29, 0.717) is 20.7 Å². The Labute approximate surface area is 163 Å². The highest BCUT2D eigenvalue weighted by molar-refractivity contribution is 9.10. The van der Waals surface area contributed by atoms with Gasteiger partial charge in [0.1, 0.15) is 11.5 Å². The smallest absolute Gasteiger partial charge is 0.270 e. The van der Waals surface area contributed by atoms with Crippen molar-refractivity contribution >= 4 is 61.9 Å². The maximum absolute atomic E-state index is 12.8. The summed E-state index contributed by atoms with van der Waals surface area (Å²) >= 11 is 10.1. The van der Waals surface area contributed by atoms with Gasteiger partial charge in [-0.1, -0.05) is 39.9 Å². The van der Waals surface area contributed by atoms with Gasteiger partial charge in [-0.15, -0.1) is 0 Å². The van der Waals surface area contributed by atoms with Gasteiger partial charge in [0, 0.05) is 10.0 Å². The minimum atomic E-state index is -0.151. The zero-order valence-corrected chi connectivity index (χ0v) is 16.7. The van der Waals surface area contributed by atoms with Crippen LogP contribution in [-0.4, -0.2) is 24.4 Å². The Morgan fingerprint density at radius 3 is 2.48 bits per heavy atom. The predicted octanol–water partition coefficient (Wildman–Crippen LogP) is 4.87. The molecule has 2 aromatic rings. The Morgan fingerprint density at radius 1 is 1.12 bits per heavy atom. The number of carbonyl (C=O) groups is 1. The number of thiocarbonyl (C=S) groups is 1. The number of amides is 1. The third kappa shape index (κ3) is 3.73. The fraction of sp³-hybridized carbons (Fsp3) is 0.111. The van der Waals surface area contributed by atoms with E-state index in [-0.39, 0.29) is 5.91 Å². The Kier molecular flexibility index (Phi) is 5.46.